The first-order valence-electron chi connectivity index (χ1n) is 8.80. The maximum Gasteiger partial charge on any atom is 0.434 e. The van der Waals surface area contributed by atoms with Crippen LogP contribution >= 0.6 is 15.9 Å². The van der Waals surface area contributed by atoms with Gasteiger partial charge in [0.1, 0.15) is 10.2 Å². The van der Waals surface area contributed by atoms with E-state index in [1.54, 1.807) is 25.7 Å². The minimum Gasteiger partial charge on any atom is -0.444 e. The molecule has 0 bridgehead atoms. The second kappa shape index (κ2) is 7.41. The van der Waals surface area contributed by atoms with Crippen molar-refractivity contribution in [3.8, 4) is 0 Å². The zero-order valence-electron chi connectivity index (χ0n) is 15.7. The smallest absolute Gasteiger partial charge is 0.434 e. The summed E-state index contributed by atoms with van der Waals surface area (Å²) in [5.74, 6) is 0.223. The summed E-state index contributed by atoms with van der Waals surface area (Å²) in [4.78, 5) is 21.9. The van der Waals surface area contributed by atoms with Gasteiger partial charge in [-0.15, -0.1) is 0 Å². The number of anilines is 1. The molecule has 0 saturated carbocycles. The van der Waals surface area contributed by atoms with Crippen molar-refractivity contribution in [2.24, 2.45) is 0 Å². The number of nitrogens with zero attached hydrogens (tertiary/aromatic N) is 4. The van der Waals surface area contributed by atoms with Gasteiger partial charge in [-0.1, -0.05) is 0 Å². The molecule has 0 radical (unpaired) electrons. The van der Waals surface area contributed by atoms with E-state index in [9.17, 15) is 18.0 Å². The molecule has 11 heteroatoms. The number of hydrogen-bond acceptors (Lipinski definition) is 5. The molecule has 1 atom stereocenters. The van der Waals surface area contributed by atoms with Crippen molar-refractivity contribution >= 4 is 33.5 Å². The van der Waals surface area contributed by atoms with E-state index in [0.717, 1.165) is 17.2 Å². The van der Waals surface area contributed by atoms with Crippen molar-refractivity contribution in [1.29, 1.82) is 0 Å². The summed E-state index contributed by atoms with van der Waals surface area (Å²) >= 11 is 2.92. The molecule has 7 nitrogen and oxygen atoms in total. The molecule has 1 saturated heterocycles. The lowest BCUT2D eigenvalue weighted by Gasteiger charge is -2.34. The minimum absolute atomic E-state index is 0.0740. The van der Waals surface area contributed by atoms with Gasteiger partial charge < -0.3 is 15.0 Å². The number of fused-ring (bicyclic) bond motifs is 1. The quantitative estimate of drug-likeness (QED) is 0.717. The number of nitrogens with one attached hydrogen (secondary N) is 1. The Labute approximate surface area is 168 Å². The number of hydrogen-bond donors (Lipinski definition) is 1. The van der Waals surface area contributed by atoms with Crippen LogP contribution in [0.5, 0.6) is 0 Å². The fourth-order valence-corrected chi connectivity index (χ4v) is 3.68. The lowest BCUT2D eigenvalue weighted by molar-refractivity contribution is -0.142. The Morgan fingerprint density at radius 2 is 2.07 bits per heavy atom. The predicted molar refractivity (Wildman–Crippen MR) is 100 cm³/mol. The number of rotatable bonds is 2. The molecule has 1 aliphatic rings. The van der Waals surface area contributed by atoms with E-state index in [4.69, 9.17) is 4.74 Å². The summed E-state index contributed by atoms with van der Waals surface area (Å²) in [6.45, 7) is 6.31. The summed E-state index contributed by atoms with van der Waals surface area (Å²) in [5.41, 5.74) is -1.45. The molecule has 1 unspecified atom stereocenters. The summed E-state index contributed by atoms with van der Waals surface area (Å²) in [5, 5.41) is 3.14. The molecule has 2 aromatic rings. The van der Waals surface area contributed by atoms with Crippen LogP contribution in [0.1, 0.15) is 39.3 Å². The van der Waals surface area contributed by atoms with Gasteiger partial charge in [0.2, 0.25) is 0 Å². The van der Waals surface area contributed by atoms with E-state index in [1.165, 1.54) is 12.4 Å². The topological polar surface area (TPSA) is 71.8 Å². The Morgan fingerprint density at radius 3 is 2.71 bits per heavy atom. The van der Waals surface area contributed by atoms with Crippen molar-refractivity contribution < 1.29 is 22.7 Å². The first-order chi connectivity index (χ1) is 13.0. The van der Waals surface area contributed by atoms with Crippen molar-refractivity contribution in [2.75, 3.05) is 18.4 Å². The standard InChI is InChI=1S/C17H21BrF3N5O2/c1-16(2,3)28-15(27)25-7-4-5-10(9-25)23-13-14-22-6-8-26(14)11(12(18)24-13)17(19,20)21/h6,8,10H,4-5,7,9H2,1-3H3,(H,23,24). The van der Waals surface area contributed by atoms with E-state index < -0.39 is 23.6 Å². The molecule has 1 N–H and O–H groups in total. The van der Waals surface area contributed by atoms with Crippen molar-refractivity contribution in [2.45, 2.75) is 51.4 Å². The number of amides is 1. The molecular formula is C17H21BrF3N5O2. The Morgan fingerprint density at radius 1 is 1.36 bits per heavy atom. The molecule has 1 aliphatic heterocycles. The third-order valence-electron chi connectivity index (χ3n) is 4.18. The molecule has 2 aromatic heterocycles. The Bertz CT molecular complexity index is 878. The number of aromatic nitrogens is 3. The normalized spacial score (nSPS) is 18.4. The lowest BCUT2D eigenvalue weighted by atomic mass is 10.1. The molecule has 3 rings (SSSR count). The summed E-state index contributed by atoms with van der Waals surface area (Å²) in [6, 6.07) is -0.182. The number of piperidine rings is 1. The second-order valence-corrected chi connectivity index (χ2v) is 8.38. The van der Waals surface area contributed by atoms with Crippen molar-refractivity contribution in [3.05, 3.63) is 22.7 Å². The maximum atomic E-state index is 13.3. The molecule has 154 valence electrons. The van der Waals surface area contributed by atoms with Crippen molar-refractivity contribution in [1.82, 2.24) is 19.3 Å². The maximum absolute atomic E-state index is 13.3. The van der Waals surface area contributed by atoms with Gasteiger partial charge in [-0.3, -0.25) is 4.40 Å². The van der Waals surface area contributed by atoms with E-state index in [1.807, 2.05) is 0 Å². The highest BCUT2D eigenvalue weighted by Gasteiger charge is 2.38. The SMILES string of the molecule is CC(C)(C)OC(=O)N1CCCC(Nc2nc(Br)c(C(F)(F)F)n3ccnc23)C1. The Balaban J connectivity index is 1.81. The number of imidazole rings is 1. The highest BCUT2D eigenvalue weighted by atomic mass is 79.9. The van der Waals surface area contributed by atoms with E-state index in [-0.39, 0.29) is 22.1 Å². The molecular weight excluding hydrogens is 443 g/mol. The van der Waals surface area contributed by atoms with Gasteiger partial charge in [-0.25, -0.2) is 14.8 Å². The van der Waals surface area contributed by atoms with Gasteiger partial charge in [0.25, 0.3) is 0 Å². The van der Waals surface area contributed by atoms with Gasteiger partial charge in [0, 0.05) is 31.5 Å². The minimum atomic E-state index is -4.58. The molecule has 1 amide bonds. The van der Waals surface area contributed by atoms with Crippen molar-refractivity contribution in [3.63, 3.8) is 0 Å². The van der Waals surface area contributed by atoms with Crippen LogP contribution in [0.15, 0.2) is 17.0 Å². The fraction of sp³-hybridized carbons (Fsp3) is 0.588. The van der Waals surface area contributed by atoms with Crippen LogP contribution in [0, 0.1) is 0 Å². The van der Waals surface area contributed by atoms with E-state index in [0.29, 0.717) is 13.1 Å². The Kier molecular flexibility index (Phi) is 5.48. The third-order valence-corrected chi connectivity index (χ3v) is 4.73. The van der Waals surface area contributed by atoms with Crippen LogP contribution in [0.2, 0.25) is 0 Å². The first kappa shape index (κ1) is 20.7. The number of carbonyl (C=O) groups excluding carboxylic acids is 1. The van der Waals surface area contributed by atoms with Crippen LogP contribution in [0.25, 0.3) is 5.65 Å². The monoisotopic (exact) mass is 463 g/mol. The van der Waals surface area contributed by atoms with Crippen LogP contribution < -0.4 is 5.32 Å². The van der Waals surface area contributed by atoms with E-state index in [2.05, 4.69) is 31.2 Å². The predicted octanol–water partition coefficient (Wildman–Crippen LogP) is 4.32. The van der Waals surface area contributed by atoms with Crippen LogP contribution in [0.4, 0.5) is 23.8 Å². The van der Waals surface area contributed by atoms with Gasteiger partial charge >= 0.3 is 12.3 Å². The summed E-state index contributed by atoms with van der Waals surface area (Å²) in [7, 11) is 0. The zero-order valence-corrected chi connectivity index (χ0v) is 17.3. The number of halogens is 4. The van der Waals surface area contributed by atoms with Gasteiger partial charge in [-0.05, 0) is 49.5 Å². The number of likely N-dealkylation sites (tertiary alicyclic amines) is 1. The molecule has 0 aliphatic carbocycles. The van der Waals surface area contributed by atoms with Crippen LogP contribution in [0.3, 0.4) is 0 Å². The molecule has 3 heterocycles. The Hall–Kier alpha value is -2.04. The zero-order chi connectivity index (χ0) is 20.7. The van der Waals surface area contributed by atoms with Gasteiger partial charge in [-0.2, -0.15) is 13.2 Å². The number of carbonyl (C=O) groups is 1. The lowest BCUT2D eigenvalue weighted by Crippen LogP contribution is -2.47. The molecule has 0 spiro atoms. The van der Waals surface area contributed by atoms with E-state index >= 15 is 0 Å². The van der Waals surface area contributed by atoms with Crippen LogP contribution in [-0.4, -0.2) is 50.1 Å². The number of ether oxygens (including phenoxy) is 1. The highest BCUT2D eigenvalue weighted by molar-refractivity contribution is 9.10. The summed E-state index contributed by atoms with van der Waals surface area (Å²) < 4.78 is 46.0. The highest BCUT2D eigenvalue weighted by Crippen LogP contribution is 2.36. The largest absolute Gasteiger partial charge is 0.444 e. The second-order valence-electron chi connectivity index (χ2n) is 7.63. The van der Waals surface area contributed by atoms with Gasteiger partial charge in [0.05, 0.1) is 0 Å². The average molecular weight is 464 g/mol. The molecule has 1 fully saturated rings. The third kappa shape index (κ3) is 4.50. The summed E-state index contributed by atoms with van der Waals surface area (Å²) in [6.07, 6.45) is -0.981. The van der Waals surface area contributed by atoms with Gasteiger partial charge in [0.15, 0.2) is 17.2 Å². The molecule has 0 aromatic carbocycles. The molecule has 28 heavy (non-hydrogen) atoms. The van der Waals surface area contributed by atoms with Crippen LogP contribution in [-0.2, 0) is 10.9 Å². The average Bonchev–Trinajstić information content (AvgIpc) is 3.01. The number of alkyl halides is 3. The fourth-order valence-electron chi connectivity index (χ4n) is 3.09. The first-order valence-corrected chi connectivity index (χ1v) is 9.59.